The highest BCUT2D eigenvalue weighted by atomic mass is 16.2. The van der Waals surface area contributed by atoms with Gasteiger partial charge in [-0.3, -0.25) is 15.0 Å². The van der Waals surface area contributed by atoms with Crippen LogP contribution in [0.25, 0.3) is 22.3 Å². The second-order valence-corrected chi connectivity index (χ2v) is 8.73. The van der Waals surface area contributed by atoms with Crippen molar-refractivity contribution in [3.05, 3.63) is 99.8 Å². The largest absolute Gasteiger partial charge is 0.280 e. The van der Waals surface area contributed by atoms with Crippen LogP contribution in [0.15, 0.2) is 77.6 Å². The summed E-state index contributed by atoms with van der Waals surface area (Å²) in [5.74, 6) is 0.0283. The van der Waals surface area contributed by atoms with Gasteiger partial charge in [0.05, 0.1) is 10.9 Å². The summed E-state index contributed by atoms with van der Waals surface area (Å²) in [6.45, 7) is 8.34. The van der Waals surface area contributed by atoms with E-state index in [1.165, 1.54) is 4.68 Å². The summed E-state index contributed by atoms with van der Waals surface area (Å²) in [4.78, 5) is 31.0. The Hall–Kier alpha value is -3.73. The molecule has 0 aliphatic rings. The Labute approximate surface area is 181 Å². The topological polar surface area (TPSA) is 64.0 Å². The van der Waals surface area contributed by atoms with E-state index in [1.807, 2.05) is 49.4 Å². The first-order valence-electron chi connectivity index (χ1n) is 10.2. The second kappa shape index (κ2) is 7.84. The number of rotatable bonds is 3. The maximum Gasteiger partial charge on any atom is 0.280 e. The van der Waals surface area contributed by atoms with Crippen molar-refractivity contribution < 1.29 is 4.79 Å². The molecule has 5 heteroatoms. The predicted molar refractivity (Wildman–Crippen MR) is 125 cm³/mol. The van der Waals surface area contributed by atoms with E-state index in [0.717, 1.165) is 16.7 Å². The van der Waals surface area contributed by atoms with Gasteiger partial charge in [0, 0.05) is 11.1 Å². The number of carbonyl (C=O) groups is 1. The summed E-state index contributed by atoms with van der Waals surface area (Å²) in [5.41, 5.74) is 6.43. The highest BCUT2D eigenvalue weighted by Crippen LogP contribution is 2.23. The van der Waals surface area contributed by atoms with Crippen LogP contribution in [-0.2, 0) is 5.41 Å². The average Bonchev–Trinajstić information content (AvgIpc) is 2.75. The Balaban J connectivity index is 1.81. The van der Waals surface area contributed by atoms with Crippen molar-refractivity contribution in [1.82, 2.24) is 9.66 Å². The molecule has 0 bridgehead atoms. The summed E-state index contributed by atoms with van der Waals surface area (Å²) in [6, 6.07) is 22.3. The molecule has 1 aromatic heterocycles. The van der Waals surface area contributed by atoms with Crippen LogP contribution in [0.1, 0.15) is 42.3 Å². The first-order valence-corrected chi connectivity index (χ1v) is 10.2. The Bertz CT molecular complexity index is 1330. The number of amides is 1. The lowest BCUT2D eigenvalue weighted by molar-refractivity contribution is 0.101. The first kappa shape index (κ1) is 20.5. The normalized spacial score (nSPS) is 11.5. The number of hydrogen-bond donors (Lipinski definition) is 1. The number of carbonyl (C=O) groups excluding carboxylic acids is 1. The highest BCUT2D eigenvalue weighted by Gasteiger charge is 2.17. The molecule has 5 nitrogen and oxygen atoms in total. The van der Waals surface area contributed by atoms with Gasteiger partial charge in [-0.1, -0.05) is 68.8 Å². The fraction of sp³-hybridized carbons (Fsp3) is 0.192. The van der Waals surface area contributed by atoms with Crippen LogP contribution in [-0.4, -0.2) is 15.6 Å². The third kappa shape index (κ3) is 4.12. The number of fused-ring (bicyclic) bond motifs is 1. The van der Waals surface area contributed by atoms with E-state index >= 15 is 0 Å². The van der Waals surface area contributed by atoms with Gasteiger partial charge in [0.25, 0.3) is 11.5 Å². The van der Waals surface area contributed by atoms with Crippen LogP contribution in [0, 0.1) is 6.92 Å². The maximum absolute atomic E-state index is 13.3. The number of benzene rings is 3. The zero-order valence-corrected chi connectivity index (χ0v) is 18.1. The van der Waals surface area contributed by atoms with Crippen molar-refractivity contribution in [2.75, 3.05) is 5.43 Å². The molecule has 4 rings (SSSR count). The molecular weight excluding hydrogens is 386 g/mol. The molecule has 1 amide bonds. The molecule has 31 heavy (non-hydrogen) atoms. The van der Waals surface area contributed by atoms with Gasteiger partial charge in [0.1, 0.15) is 0 Å². The maximum atomic E-state index is 13.3. The Kier molecular flexibility index (Phi) is 5.19. The van der Waals surface area contributed by atoms with Crippen molar-refractivity contribution in [2.45, 2.75) is 33.1 Å². The van der Waals surface area contributed by atoms with Crippen LogP contribution in [0.2, 0.25) is 0 Å². The van der Waals surface area contributed by atoms with Gasteiger partial charge >= 0.3 is 0 Å². The van der Waals surface area contributed by atoms with Crippen molar-refractivity contribution >= 4 is 16.8 Å². The van der Waals surface area contributed by atoms with E-state index < -0.39 is 0 Å². The van der Waals surface area contributed by atoms with Crippen LogP contribution in [0.4, 0.5) is 0 Å². The Morgan fingerprint density at radius 2 is 1.65 bits per heavy atom. The lowest BCUT2D eigenvalue weighted by Gasteiger charge is -2.19. The lowest BCUT2D eigenvalue weighted by atomic mass is 9.87. The molecule has 0 spiro atoms. The smallest absolute Gasteiger partial charge is 0.267 e. The minimum Gasteiger partial charge on any atom is -0.267 e. The van der Waals surface area contributed by atoms with Crippen LogP contribution < -0.4 is 11.0 Å². The van der Waals surface area contributed by atoms with Gasteiger partial charge in [0.2, 0.25) is 0 Å². The fourth-order valence-corrected chi connectivity index (χ4v) is 3.50. The van der Waals surface area contributed by atoms with Gasteiger partial charge in [-0.25, -0.2) is 4.98 Å². The molecule has 3 aromatic carbocycles. The minimum absolute atomic E-state index is 0.00739. The standard InChI is InChI=1S/C26H25N3O2/c1-17-8-7-9-19(16-17)23-27-22-11-6-5-10-21(22)25(31)29(23)28-24(30)18-12-14-20(15-13-18)26(2,3)4/h5-16H,1-4H3,(H,28,30). The molecule has 0 unspecified atom stereocenters. The van der Waals surface area contributed by atoms with Gasteiger partial charge < -0.3 is 0 Å². The lowest BCUT2D eigenvalue weighted by Crippen LogP contribution is -2.35. The zero-order chi connectivity index (χ0) is 22.2. The molecule has 0 saturated carbocycles. The number of nitrogens with one attached hydrogen (secondary N) is 1. The number of aryl methyl sites for hydroxylation is 1. The monoisotopic (exact) mass is 411 g/mol. The highest BCUT2D eigenvalue weighted by molar-refractivity contribution is 6.00. The van der Waals surface area contributed by atoms with E-state index in [2.05, 4.69) is 31.2 Å². The zero-order valence-electron chi connectivity index (χ0n) is 18.1. The van der Waals surface area contributed by atoms with E-state index in [-0.39, 0.29) is 16.9 Å². The summed E-state index contributed by atoms with van der Waals surface area (Å²) in [5, 5.41) is 0.447. The van der Waals surface area contributed by atoms with Gasteiger partial charge in [0.15, 0.2) is 5.82 Å². The number of hydrogen-bond acceptors (Lipinski definition) is 3. The van der Waals surface area contributed by atoms with Gasteiger partial charge in [-0.15, -0.1) is 0 Å². The van der Waals surface area contributed by atoms with E-state index in [0.29, 0.717) is 22.3 Å². The van der Waals surface area contributed by atoms with Gasteiger partial charge in [-0.05, 0) is 48.2 Å². The third-order valence-electron chi connectivity index (χ3n) is 5.28. The molecular formula is C26H25N3O2. The molecule has 0 aliphatic heterocycles. The first-order chi connectivity index (χ1) is 14.7. The molecule has 1 N–H and O–H groups in total. The molecule has 0 atom stereocenters. The minimum atomic E-state index is -0.367. The van der Waals surface area contributed by atoms with Crippen LogP contribution in [0.5, 0.6) is 0 Å². The van der Waals surface area contributed by atoms with E-state index in [1.54, 1.807) is 30.3 Å². The van der Waals surface area contributed by atoms with E-state index in [9.17, 15) is 9.59 Å². The molecule has 0 radical (unpaired) electrons. The molecule has 156 valence electrons. The third-order valence-corrected chi connectivity index (χ3v) is 5.28. The number of aromatic nitrogens is 2. The average molecular weight is 412 g/mol. The number of para-hydroxylation sites is 1. The molecule has 0 fully saturated rings. The van der Waals surface area contributed by atoms with Crippen molar-refractivity contribution in [1.29, 1.82) is 0 Å². The summed E-state index contributed by atoms with van der Waals surface area (Å²) >= 11 is 0. The second-order valence-electron chi connectivity index (χ2n) is 8.73. The SMILES string of the molecule is Cc1cccc(-c2nc3ccccc3c(=O)n2NC(=O)c2ccc(C(C)(C)C)cc2)c1. The van der Waals surface area contributed by atoms with Crippen LogP contribution in [0.3, 0.4) is 0 Å². The van der Waals surface area contributed by atoms with Crippen LogP contribution >= 0.6 is 0 Å². The van der Waals surface area contributed by atoms with Crippen molar-refractivity contribution in [3.8, 4) is 11.4 Å². The summed E-state index contributed by atoms with van der Waals surface area (Å²) in [6.07, 6.45) is 0. The van der Waals surface area contributed by atoms with E-state index in [4.69, 9.17) is 0 Å². The molecule has 0 aliphatic carbocycles. The number of nitrogens with zero attached hydrogens (tertiary/aromatic N) is 2. The van der Waals surface area contributed by atoms with Gasteiger partial charge in [-0.2, -0.15) is 4.68 Å². The molecule has 1 heterocycles. The summed E-state index contributed by atoms with van der Waals surface area (Å²) in [7, 11) is 0. The molecule has 0 saturated heterocycles. The Morgan fingerprint density at radius 1 is 0.935 bits per heavy atom. The molecule has 4 aromatic rings. The van der Waals surface area contributed by atoms with Crippen molar-refractivity contribution in [3.63, 3.8) is 0 Å². The van der Waals surface area contributed by atoms with Crippen molar-refractivity contribution in [2.24, 2.45) is 0 Å². The predicted octanol–water partition coefficient (Wildman–Crippen LogP) is 5.05. The summed E-state index contributed by atoms with van der Waals surface area (Å²) < 4.78 is 1.25. The fourth-order valence-electron chi connectivity index (χ4n) is 3.50. The quantitative estimate of drug-likeness (QED) is 0.513. The Morgan fingerprint density at radius 3 is 2.32 bits per heavy atom.